The molecule has 0 aliphatic carbocycles. The lowest BCUT2D eigenvalue weighted by Gasteiger charge is -2.11. The molecular formula is C15H21Cl2FN4O. The molecule has 2 aromatic rings. The quantitative estimate of drug-likeness (QED) is 0.857. The Labute approximate surface area is 147 Å². The predicted octanol–water partition coefficient (Wildman–Crippen LogP) is 2.37. The third-order valence-electron chi connectivity index (χ3n) is 3.37. The highest BCUT2D eigenvalue weighted by atomic mass is 35.5. The number of carbonyl (C=O) groups is 1. The maximum atomic E-state index is 14.2. The molecule has 0 bridgehead atoms. The van der Waals surface area contributed by atoms with Crippen LogP contribution in [0.5, 0.6) is 0 Å². The van der Waals surface area contributed by atoms with Crippen LogP contribution in [0.15, 0.2) is 30.6 Å². The van der Waals surface area contributed by atoms with Crippen molar-refractivity contribution in [3.05, 3.63) is 47.8 Å². The summed E-state index contributed by atoms with van der Waals surface area (Å²) in [7, 11) is 0. The molecule has 5 nitrogen and oxygen atoms in total. The van der Waals surface area contributed by atoms with Crippen molar-refractivity contribution in [2.75, 3.05) is 6.54 Å². The van der Waals surface area contributed by atoms with Crippen molar-refractivity contribution < 1.29 is 9.18 Å². The lowest BCUT2D eigenvalue weighted by molar-refractivity contribution is -0.124. The number of nitrogens with zero attached hydrogens (tertiary/aromatic N) is 2. The normalized spacial score (nSPS) is 11.1. The van der Waals surface area contributed by atoms with E-state index < -0.39 is 0 Å². The molecule has 0 aliphatic heterocycles. The molecule has 0 saturated heterocycles. The number of nitrogens with two attached hydrogens (primary N) is 1. The van der Waals surface area contributed by atoms with Gasteiger partial charge in [0.2, 0.25) is 5.91 Å². The molecule has 8 heteroatoms. The first kappa shape index (κ1) is 21.4. The lowest BCUT2D eigenvalue weighted by Crippen LogP contribution is -2.32. The van der Waals surface area contributed by atoms with E-state index >= 15 is 0 Å². The van der Waals surface area contributed by atoms with Crippen LogP contribution in [0.4, 0.5) is 4.39 Å². The van der Waals surface area contributed by atoms with Gasteiger partial charge in [-0.25, -0.2) is 9.37 Å². The third-order valence-corrected chi connectivity index (χ3v) is 3.37. The molecule has 0 saturated carbocycles. The first-order chi connectivity index (χ1) is 10.0. The van der Waals surface area contributed by atoms with Crippen LogP contribution in [0.3, 0.4) is 0 Å². The van der Waals surface area contributed by atoms with Crippen molar-refractivity contribution in [3.8, 4) is 5.69 Å². The topological polar surface area (TPSA) is 72.9 Å². The summed E-state index contributed by atoms with van der Waals surface area (Å²) in [6.07, 6.45) is 3.33. The Hall–Kier alpha value is -1.63. The fourth-order valence-corrected chi connectivity index (χ4v) is 1.96. The van der Waals surface area contributed by atoms with Crippen molar-refractivity contribution in [3.63, 3.8) is 0 Å². The van der Waals surface area contributed by atoms with Crippen LogP contribution in [0, 0.1) is 18.7 Å². The molecule has 0 fully saturated rings. The lowest BCUT2D eigenvalue weighted by atomic mass is 10.1. The number of imidazole rings is 1. The van der Waals surface area contributed by atoms with E-state index in [9.17, 15) is 9.18 Å². The Bertz CT molecular complexity index is 648. The fourth-order valence-electron chi connectivity index (χ4n) is 1.96. The molecule has 23 heavy (non-hydrogen) atoms. The highest BCUT2D eigenvalue weighted by Crippen LogP contribution is 2.16. The van der Waals surface area contributed by atoms with Crippen LogP contribution >= 0.6 is 24.8 Å². The summed E-state index contributed by atoms with van der Waals surface area (Å²) in [6.45, 7) is 4.13. The molecule has 1 aromatic carbocycles. The summed E-state index contributed by atoms with van der Waals surface area (Å²) in [5.74, 6) is -0.0170. The van der Waals surface area contributed by atoms with Crippen LogP contribution in [-0.4, -0.2) is 22.0 Å². The first-order valence-electron chi connectivity index (χ1n) is 6.79. The highest BCUT2D eigenvalue weighted by molar-refractivity contribution is 5.85. The van der Waals surface area contributed by atoms with Gasteiger partial charge in [0.15, 0.2) is 0 Å². The highest BCUT2D eigenvalue weighted by Gasteiger charge is 2.11. The predicted molar refractivity (Wildman–Crippen MR) is 92.8 cm³/mol. The number of aromatic nitrogens is 2. The number of hydrogen-bond donors (Lipinski definition) is 2. The zero-order valence-corrected chi connectivity index (χ0v) is 14.6. The molecule has 3 N–H and O–H groups in total. The Morgan fingerprint density at radius 3 is 2.65 bits per heavy atom. The largest absolute Gasteiger partial charge is 0.352 e. The standard InChI is InChI=1S/C15H19FN4O.2ClH/c1-10(8-17)15(21)19-9-12-3-4-14(13(16)7-12)20-6-5-18-11(20)2;;/h3-7,10H,8-9,17H2,1-2H3,(H,19,21);2*1H. The number of aryl methyl sites for hydroxylation is 1. The van der Waals surface area contributed by atoms with Crippen LogP contribution in [0.25, 0.3) is 5.69 Å². The van der Waals surface area contributed by atoms with Crippen LogP contribution in [-0.2, 0) is 11.3 Å². The molecule has 0 radical (unpaired) electrons. The van der Waals surface area contributed by atoms with Gasteiger partial charge in [0.25, 0.3) is 0 Å². The number of amides is 1. The Morgan fingerprint density at radius 1 is 1.43 bits per heavy atom. The smallest absolute Gasteiger partial charge is 0.224 e. The van der Waals surface area contributed by atoms with Crippen molar-refractivity contribution in [2.45, 2.75) is 20.4 Å². The third kappa shape index (κ3) is 5.20. The van der Waals surface area contributed by atoms with E-state index in [0.29, 0.717) is 23.6 Å². The average molecular weight is 363 g/mol. The minimum atomic E-state index is -0.352. The molecule has 2 rings (SSSR count). The number of hydrogen-bond acceptors (Lipinski definition) is 3. The van der Waals surface area contributed by atoms with Gasteiger partial charge in [0.1, 0.15) is 11.6 Å². The minimum Gasteiger partial charge on any atom is -0.352 e. The van der Waals surface area contributed by atoms with E-state index in [4.69, 9.17) is 5.73 Å². The molecule has 1 amide bonds. The molecule has 0 aliphatic rings. The van der Waals surface area contributed by atoms with Crippen molar-refractivity contribution in [2.24, 2.45) is 11.7 Å². The van der Waals surface area contributed by atoms with E-state index in [1.807, 2.05) is 6.92 Å². The summed E-state index contributed by atoms with van der Waals surface area (Å²) in [6, 6.07) is 4.88. The Kier molecular flexibility index (Phi) is 8.82. The molecule has 1 unspecified atom stereocenters. The van der Waals surface area contributed by atoms with E-state index in [1.54, 1.807) is 36.0 Å². The van der Waals surface area contributed by atoms with Crippen LogP contribution < -0.4 is 11.1 Å². The number of rotatable bonds is 5. The number of nitrogens with one attached hydrogen (secondary N) is 1. The van der Waals surface area contributed by atoms with E-state index in [2.05, 4.69) is 10.3 Å². The van der Waals surface area contributed by atoms with E-state index in [1.165, 1.54) is 6.07 Å². The number of halogens is 3. The summed E-state index contributed by atoms with van der Waals surface area (Å²) >= 11 is 0. The second-order valence-electron chi connectivity index (χ2n) is 4.98. The van der Waals surface area contributed by atoms with Gasteiger partial charge in [0, 0.05) is 31.4 Å². The summed E-state index contributed by atoms with van der Waals surface area (Å²) in [4.78, 5) is 15.7. The fraction of sp³-hybridized carbons (Fsp3) is 0.333. The van der Waals surface area contributed by atoms with Gasteiger partial charge < -0.3 is 15.6 Å². The van der Waals surface area contributed by atoms with Gasteiger partial charge in [-0.05, 0) is 24.6 Å². The number of benzene rings is 1. The second kappa shape index (κ2) is 9.50. The van der Waals surface area contributed by atoms with Gasteiger partial charge in [-0.15, -0.1) is 24.8 Å². The summed E-state index contributed by atoms with van der Waals surface area (Å²) < 4.78 is 15.8. The molecule has 1 heterocycles. The summed E-state index contributed by atoms with van der Waals surface area (Å²) in [5, 5.41) is 2.74. The minimum absolute atomic E-state index is 0. The van der Waals surface area contributed by atoms with Gasteiger partial charge >= 0.3 is 0 Å². The average Bonchev–Trinajstić information content (AvgIpc) is 2.90. The Balaban J connectivity index is 0.00000242. The van der Waals surface area contributed by atoms with Gasteiger partial charge in [-0.1, -0.05) is 13.0 Å². The first-order valence-corrected chi connectivity index (χ1v) is 6.79. The maximum absolute atomic E-state index is 14.2. The zero-order chi connectivity index (χ0) is 15.4. The van der Waals surface area contributed by atoms with Gasteiger partial charge in [-0.3, -0.25) is 4.79 Å². The van der Waals surface area contributed by atoms with Crippen molar-refractivity contribution in [1.29, 1.82) is 0 Å². The SMILES string of the molecule is Cc1nccn1-c1ccc(CNC(=O)C(C)CN)cc1F.Cl.Cl. The van der Waals surface area contributed by atoms with E-state index in [0.717, 1.165) is 0 Å². The Morgan fingerprint density at radius 2 is 2.13 bits per heavy atom. The van der Waals surface area contributed by atoms with Gasteiger partial charge in [0.05, 0.1) is 5.69 Å². The molecule has 128 valence electrons. The molecular weight excluding hydrogens is 342 g/mol. The van der Waals surface area contributed by atoms with Crippen LogP contribution in [0.2, 0.25) is 0 Å². The van der Waals surface area contributed by atoms with E-state index in [-0.39, 0.29) is 49.0 Å². The van der Waals surface area contributed by atoms with Gasteiger partial charge in [-0.2, -0.15) is 0 Å². The second-order valence-corrected chi connectivity index (χ2v) is 4.98. The van der Waals surface area contributed by atoms with Crippen molar-refractivity contribution in [1.82, 2.24) is 14.9 Å². The monoisotopic (exact) mass is 362 g/mol. The molecule has 1 atom stereocenters. The molecule has 1 aromatic heterocycles. The maximum Gasteiger partial charge on any atom is 0.224 e. The molecule has 0 spiro atoms. The van der Waals surface area contributed by atoms with Crippen molar-refractivity contribution >= 4 is 30.7 Å². The zero-order valence-electron chi connectivity index (χ0n) is 13.0. The number of carbonyl (C=O) groups excluding carboxylic acids is 1. The van der Waals surface area contributed by atoms with Crippen LogP contribution in [0.1, 0.15) is 18.3 Å². The summed E-state index contributed by atoms with van der Waals surface area (Å²) in [5.41, 5.74) is 6.57.